The summed E-state index contributed by atoms with van der Waals surface area (Å²) in [7, 11) is 9.03. The van der Waals surface area contributed by atoms with Crippen molar-refractivity contribution in [3.63, 3.8) is 0 Å². The Hall–Kier alpha value is -5.17. The number of carbonyl (C=O) groups excluding carboxylic acids is 1. The standard InChI is InChI=1S/C38H40O12/c1-43-25-9-7-20(13-28(25)46-4)36-24(41)16-23-27(45-3)15-22(18-40)32(38(23)50-36)34-33-30(48-6)11-19(17-39)12-31(33)49-37(35(34)42)21-8-10-26(44-2)29(14-21)47-5/h7-15,24,34,36-37,39-41H,16-18H2,1-6H3/t24-,34-,36+,37+/m0/s1. The first-order chi connectivity index (χ1) is 24.2. The zero-order valence-corrected chi connectivity index (χ0v) is 28.6. The van der Waals surface area contributed by atoms with Crippen LogP contribution in [0.15, 0.2) is 54.6 Å². The second-order valence-corrected chi connectivity index (χ2v) is 11.9. The molecule has 4 atom stereocenters. The van der Waals surface area contributed by atoms with Gasteiger partial charge in [0.15, 0.2) is 34.9 Å². The fourth-order valence-corrected chi connectivity index (χ4v) is 6.85. The number of aliphatic hydroxyl groups excluding tert-OH is 3. The van der Waals surface area contributed by atoms with Crippen LogP contribution in [-0.4, -0.2) is 69.9 Å². The normalized spacial score (nSPS) is 19.3. The molecule has 0 saturated carbocycles. The molecule has 0 aromatic heterocycles. The molecule has 0 amide bonds. The van der Waals surface area contributed by atoms with Crippen LogP contribution < -0.4 is 37.9 Å². The number of carbonyl (C=O) groups is 1. The Morgan fingerprint density at radius 1 is 0.660 bits per heavy atom. The minimum Gasteiger partial charge on any atom is -0.496 e. The molecular formula is C38H40O12. The van der Waals surface area contributed by atoms with Gasteiger partial charge in [-0.2, -0.15) is 0 Å². The van der Waals surface area contributed by atoms with Crippen LogP contribution in [0, 0.1) is 0 Å². The molecule has 0 spiro atoms. The van der Waals surface area contributed by atoms with Gasteiger partial charge in [-0.25, -0.2) is 0 Å². The van der Waals surface area contributed by atoms with Gasteiger partial charge in [0.2, 0.25) is 0 Å². The van der Waals surface area contributed by atoms with Crippen LogP contribution in [0.1, 0.15) is 57.1 Å². The Morgan fingerprint density at radius 3 is 1.84 bits per heavy atom. The average molecular weight is 689 g/mol. The molecule has 264 valence electrons. The highest BCUT2D eigenvalue weighted by Crippen LogP contribution is 2.54. The number of hydrogen-bond acceptors (Lipinski definition) is 12. The van der Waals surface area contributed by atoms with E-state index in [1.807, 2.05) is 0 Å². The van der Waals surface area contributed by atoms with Crippen LogP contribution in [0.2, 0.25) is 0 Å². The Morgan fingerprint density at radius 2 is 1.26 bits per heavy atom. The molecule has 0 bridgehead atoms. The Bertz CT molecular complexity index is 1900. The summed E-state index contributed by atoms with van der Waals surface area (Å²) in [6.07, 6.45) is -2.94. The van der Waals surface area contributed by atoms with E-state index in [0.717, 1.165) is 0 Å². The third-order valence-electron chi connectivity index (χ3n) is 9.24. The zero-order valence-electron chi connectivity index (χ0n) is 28.6. The van der Waals surface area contributed by atoms with E-state index in [4.69, 9.17) is 37.9 Å². The number of methoxy groups -OCH3 is 6. The Kier molecular flexibility index (Phi) is 9.96. The van der Waals surface area contributed by atoms with Gasteiger partial charge in [-0.3, -0.25) is 4.79 Å². The van der Waals surface area contributed by atoms with Crippen LogP contribution in [-0.2, 0) is 24.4 Å². The highest BCUT2D eigenvalue weighted by atomic mass is 16.5. The minimum atomic E-state index is -1.15. The lowest BCUT2D eigenvalue weighted by Gasteiger charge is -2.38. The molecule has 3 N–H and O–H groups in total. The lowest BCUT2D eigenvalue weighted by molar-refractivity contribution is -0.128. The van der Waals surface area contributed by atoms with Crippen molar-refractivity contribution in [2.24, 2.45) is 0 Å². The molecule has 0 unspecified atom stereocenters. The monoisotopic (exact) mass is 688 g/mol. The Balaban J connectivity index is 1.60. The third-order valence-corrected chi connectivity index (χ3v) is 9.24. The molecule has 0 saturated heterocycles. The summed E-state index contributed by atoms with van der Waals surface area (Å²) < 4.78 is 46.6. The molecule has 2 heterocycles. The lowest BCUT2D eigenvalue weighted by Crippen LogP contribution is -2.35. The summed E-state index contributed by atoms with van der Waals surface area (Å²) in [5.74, 6) is 1.63. The maximum absolute atomic E-state index is 15.0. The van der Waals surface area contributed by atoms with Gasteiger partial charge in [0, 0.05) is 23.1 Å². The van der Waals surface area contributed by atoms with E-state index in [1.54, 1.807) is 54.6 Å². The minimum absolute atomic E-state index is 0.111. The summed E-state index contributed by atoms with van der Waals surface area (Å²) in [5, 5.41) is 32.5. The van der Waals surface area contributed by atoms with Gasteiger partial charge in [-0.1, -0.05) is 12.1 Å². The van der Waals surface area contributed by atoms with Gasteiger partial charge in [0.1, 0.15) is 29.1 Å². The molecule has 6 rings (SSSR count). The predicted molar refractivity (Wildman–Crippen MR) is 180 cm³/mol. The number of benzene rings is 4. The van der Waals surface area contributed by atoms with E-state index in [2.05, 4.69) is 0 Å². The first-order valence-electron chi connectivity index (χ1n) is 15.9. The maximum Gasteiger partial charge on any atom is 0.190 e. The number of aliphatic hydroxyl groups is 3. The summed E-state index contributed by atoms with van der Waals surface area (Å²) in [6.45, 7) is -0.773. The summed E-state index contributed by atoms with van der Waals surface area (Å²) >= 11 is 0. The van der Waals surface area contributed by atoms with Crippen molar-refractivity contribution >= 4 is 5.78 Å². The largest absolute Gasteiger partial charge is 0.496 e. The molecule has 2 aliphatic heterocycles. The number of ether oxygens (including phenoxy) is 8. The number of hydrogen-bond donors (Lipinski definition) is 3. The van der Waals surface area contributed by atoms with Crippen LogP contribution >= 0.6 is 0 Å². The first kappa shape index (κ1) is 34.7. The number of fused-ring (bicyclic) bond motifs is 2. The van der Waals surface area contributed by atoms with E-state index < -0.39 is 30.8 Å². The molecular weight excluding hydrogens is 648 g/mol. The van der Waals surface area contributed by atoms with Crippen molar-refractivity contribution in [2.75, 3.05) is 42.7 Å². The zero-order chi connectivity index (χ0) is 35.7. The van der Waals surface area contributed by atoms with E-state index in [0.29, 0.717) is 79.2 Å². The van der Waals surface area contributed by atoms with E-state index in [-0.39, 0.29) is 24.6 Å². The molecule has 0 radical (unpaired) electrons. The van der Waals surface area contributed by atoms with Gasteiger partial charge in [-0.05, 0) is 59.2 Å². The lowest BCUT2D eigenvalue weighted by atomic mass is 9.76. The van der Waals surface area contributed by atoms with Crippen molar-refractivity contribution in [3.8, 4) is 46.0 Å². The summed E-state index contributed by atoms with van der Waals surface area (Å²) in [4.78, 5) is 15.0. The van der Waals surface area contributed by atoms with Gasteiger partial charge in [-0.15, -0.1) is 0 Å². The Labute approximate surface area is 289 Å². The van der Waals surface area contributed by atoms with Crippen molar-refractivity contribution < 1.29 is 58.0 Å². The number of rotatable bonds is 11. The van der Waals surface area contributed by atoms with Crippen LogP contribution in [0.3, 0.4) is 0 Å². The van der Waals surface area contributed by atoms with Crippen molar-refractivity contribution in [3.05, 3.63) is 93.5 Å². The fourth-order valence-electron chi connectivity index (χ4n) is 6.85. The van der Waals surface area contributed by atoms with Crippen molar-refractivity contribution in [1.82, 2.24) is 0 Å². The number of ketones is 1. The van der Waals surface area contributed by atoms with Gasteiger partial charge in [0.05, 0.1) is 73.5 Å². The molecule has 0 aliphatic carbocycles. The highest BCUT2D eigenvalue weighted by Gasteiger charge is 2.46. The summed E-state index contributed by atoms with van der Waals surface area (Å²) in [5.41, 5.74) is 3.26. The quantitative estimate of drug-likeness (QED) is 0.202. The molecule has 50 heavy (non-hydrogen) atoms. The van der Waals surface area contributed by atoms with E-state index in [1.165, 1.54) is 42.7 Å². The third kappa shape index (κ3) is 5.89. The summed E-state index contributed by atoms with van der Waals surface area (Å²) in [6, 6.07) is 15.3. The van der Waals surface area contributed by atoms with Gasteiger partial charge < -0.3 is 53.2 Å². The average Bonchev–Trinajstić information content (AvgIpc) is 3.15. The highest BCUT2D eigenvalue weighted by molar-refractivity contribution is 5.98. The SMILES string of the molecule is COc1ccc([C@H]2Oc3c(c(OC)cc(CO)c3[C@@H]3C(=O)[C@@H](c4ccc(OC)c(OC)c4)Oc4cc(CO)cc(OC)c43)C[C@@H]2O)cc1OC. The second kappa shape index (κ2) is 14.4. The molecule has 12 heteroatoms. The van der Waals surface area contributed by atoms with E-state index >= 15 is 0 Å². The van der Waals surface area contributed by atoms with Crippen LogP contribution in [0.4, 0.5) is 0 Å². The predicted octanol–water partition coefficient (Wildman–Crippen LogP) is 4.59. The van der Waals surface area contributed by atoms with Crippen molar-refractivity contribution in [1.29, 1.82) is 0 Å². The van der Waals surface area contributed by atoms with Gasteiger partial charge >= 0.3 is 0 Å². The molecule has 2 aliphatic rings. The van der Waals surface area contributed by atoms with E-state index in [9.17, 15) is 20.1 Å². The van der Waals surface area contributed by atoms with Crippen LogP contribution in [0.5, 0.6) is 46.0 Å². The van der Waals surface area contributed by atoms with Crippen molar-refractivity contribution in [2.45, 2.75) is 43.9 Å². The molecule has 4 aromatic rings. The molecule has 4 aromatic carbocycles. The fraction of sp³-hybridized carbons (Fsp3) is 0.342. The number of Topliss-reactive ketones (excluding diaryl/α,β-unsaturated/α-hetero) is 1. The van der Waals surface area contributed by atoms with Gasteiger partial charge in [0.25, 0.3) is 0 Å². The topological polar surface area (TPSA) is 152 Å². The van der Waals surface area contributed by atoms with Crippen LogP contribution in [0.25, 0.3) is 0 Å². The smallest absolute Gasteiger partial charge is 0.190 e. The molecule has 0 fully saturated rings. The second-order valence-electron chi connectivity index (χ2n) is 11.9. The maximum atomic E-state index is 15.0. The molecule has 12 nitrogen and oxygen atoms in total. The first-order valence-corrected chi connectivity index (χ1v) is 15.9.